The molecule has 3 saturated heterocycles. The summed E-state index contributed by atoms with van der Waals surface area (Å²) in [5.74, 6) is 0.420. The highest BCUT2D eigenvalue weighted by Gasteiger charge is 2.45. The molecule has 1 aromatic carbocycles. The summed E-state index contributed by atoms with van der Waals surface area (Å²) in [6.45, 7) is 6.09. The third kappa shape index (κ3) is 4.02. The van der Waals surface area contributed by atoms with Crippen molar-refractivity contribution in [2.75, 3.05) is 26.2 Å². The summed E-state index contributed by atoms with van der Waals surface area (Å²) in [6, 6.07) is 6.79. The van der Waals surface area contributed by atoms with Gasteiger partial charge >= 0.3 is 0 Å². The Labute approximate surface area is 148 Å². The summed E-state index contributed by atoms with van der Waals surface area (Å²) < 4.78 is 5.65. The molecule has 0 aromatic heterocycles. The number of carbonyl (C=O) groups is 2. The second-order valence-electron chi connectivity index (χ2n) is 7.22. The van der Waals surface area contributed by atoms with Gasteiger partial charge in [-0.15, -0.1) is 0 Å². The zero-order valence-corrected chi connectivity index (χ0v) is 14.8. The van der Waals surface area contributed by atoms with E-state index in [1.165, 1.54) is 6.92 Å². The lowest BCUT2D eigenvalue weighted by Crippen LogP contribution is -2.63. The molecule has 0 radical (unpaired) electrons. The van der Waals surface area contributed by atoms with Crippen LogP contribution in [0.3, 0.4) is 0 Å². The van der Waals surface area contributed by atoms with E-state index in [9.17, 15) is 14.7 Å². The van der Waals surface area contributed by atoms with Gasteiger partial charge in [-0.1, -0.05) is 12.1 Å². The molecular formula is C19H26N2O4. The summed E-state index contributed by atoms with van der Waals surface area (Å²) in [7, 11) is 0. The summed E-state index contributed by atoms with van der Waals surface area (Å²) in [6.07, 6.45) is 1.26. The molecule has 2 N–H and O–H groups in total. The summed E-state index contributed by atoms with van der Waals surface area (Å²) in [5.41, 5.74) is -0.299. The van der Waals surface area contributed by atoms with Crippen molar-refractivity contribution in [1.29, 1.82) is 0 Å². The maximum atomic E-state index is 12.3. The molecule has 0 spiro atoms. The molecule has 1 amide bonds. The summed E-state index contributed by atoms with van der Waals surface area (Å²) >= 11 is 0. The van der Waals surface area contributed by atoms with Crippen molar-refractivity contribution in [2.45, 2.75) is 38.4 Å². The molecule has 3 heterocycles. The average Bonchev–Trinajstić information content (AvgIpc) is 2.60. The predicted octanol–water partition coefficient (Wildman–Crippen LogP) is 1.23. The highest BCUT2D eigenvalue weighted by Crippen LogP contribution is 2.35. The van der Waals surface area contributed by atoms with Crippen LogP contribution in [0.2, 0.25) is 0 Å². The van der Waals surface area contributed by atoms with Gasteiger partial charge in [-0.05, 0) is 57.8 Å². The minimum absolute atomic E-state index is 0.0490. The molecule has 1 aromatic rings. The zero-order valence-electron chi connectivity index (χ0n) is 14.8. The van der Waals surface area contributed by atoms with Gasteiger partial charge in [0.1, 0.15) is 5.75 Å². The number of fused-ring (bicyclic) bond motifs is 3. The van der Waals surface area contributed by atoms with Crippen molar-refractivity contribution in [1.82, 2.24) is 10.2 Å². The molecule has 3 aliphatic heterocycles. The molecule has 0 aliphatic carbocycles. The number of aliphatic hydroxyl groups is 1. The number of piperidine rings is 3. The highest BCUT2D eigenvalue weighted by molar-refractivity contribution is 5.94. The lowest BCUT2D eigenvalue weighted by Gasteiger charge is -2.50. The maximum absolute atomic E-state index is 12.3. The van der Waals surface area contributed by atoms with Gasteiger partial charge in [0.25, 0.3) is 5.91 Å². The van der Waals surface area contributed by atoms with Crippen molar-refractivity contribution < 1.29 is 19.4 Å². The Morgan fingerprint density at radius 3 is 2.72 bits per heavy atom. The molecule has 6 heteroatoms. The van der Waals surface area contributed by atoms with Crippen molar-refractivity contribution in [2.24, 2.45) is 5.92 Å². The fourth-order valence-electron chi connectivity index (χ4n) is 3.77. The first-order chi connectivity index (χ1) is 11.9. The summed E-state index contributed by atoms with van der Waals surface area (Å²) in [4.78, 5) is 26.0. The Morgan fingerprint density at radius 2 is 2.12 bits per heavy atom. The first-order valence-electron chi connectivity index (χ1n) is 8.87. The number of benzene rings is 1. The Balaban J connectivity index is 1.54. The van der Waals surface area contributed by atoms with Crippen LogP contribution in [-0.2, 0) is 4.79 Å². The molecule has 0 saturated carbocycles. The number of carbonyl (C=O) groups excluding carboxylic acids is 2. The topological polar surface area (TPSA) is 78.9 Å². The van der Waals surface area contributed by atoms with Crippen molar-refractivity contribution in [3.63, 3.8) is 0 Å². The van der Waals surface area contributed by atoms with Gasteiger partial charge in [-0.3, -0.25) is 9.59 Å². The molecule has 2 atom stereocenters. The molecule has 25 heavy (non-hydrogen) atoms. The third-order valence-corrected chi connectivity index (χ3v) is 5.34. The van der Waals surface area contributed by atoms with E-state index in [0.29, 0.717) is 17.9 Å². The van der Waals surface area contributed by atoms with E-state index in [-0.39, 0.29) is 24.2 Å². The van der Waals surface area contributed by atoms with E-state index in [0.717, 1.165) is 25.9 Å². The van der Waals surface area contributed by atoms with Gasteiger partial charge in [0, 0.05) is 18.7 Å². The smallest absolute Gasteiger partial charge is 0.260 e. The van der Waals surface area contributed by atoms with Gasteiger partial charge in [-0.25, -0.2) is 0 Å². The minimum Gasteiger partial charge on any atom is -0.481 e. The molecule has 136 valence electrons. The van der Waals surface area contributed by atoms with Gasteiger partial charge in [0.05, 0.1) is 5.60 Å². The normalized spacial score (nSPS) is 29.1. The molecule has 0 unspecified atom stereocenters. The fraction of sp³-hybridized carbons (Fsp3) is 0.579. The Bertz CT molecular complexity index is 655. The van der Waals surface area contributed by atoms with E-state index in [1.807, 2.05) is 0 Å². The number of Topliss-reactive ketones (excluding diaryl/α,β-unsaturated/α-hetero) is 1. The van der Waals surface area contributed by atoms with E-state index in [4.69, 9.17) is 4.74 Å². The van der Waals surface area contributed by atoms with Crippen molar-refractivity contribution in [3.8, 4) is 5.75 Å². The number of rotatable bonds is 6. The first-order valence-corrected chi connectivity index (χ1v) is 8.87. The predicted molar refractivity (Wildman–Crippen MR) is 93.7 cm³/mol. The van der Waals surface area contributed by atoms with Crippen LogP contribution in [0.1, 0.15) is 37.0 Å². The minimum atomic E-state index is -0.847. The van der Waals surface area contributed by atoms with Gasteiger partial charge in [-0.2, -0.15) is 0 Å². The zero-order chi connectivity index (χ0) is 18.0. The highest BCUT2D eigenvalue weighted by atomic mass is 16.5. The lowest BCUT2D eigenvalue weighted by molar-refractivity contribution is -0.134. The molecule has 3 fully saturated rings. The standard InChI is InChI=1S/C19H26N2O4/c1-13(22)15-4-3-5-17(10-15)25-14(2)18(23)20-11-19(24)12-21-8-6-16(19)7-9-21/h3-5,10,14,16,24H,6-9,11-12H2,1-2H3,(H,20,23)/t14-,19+/m1/s1. The van der Waals surface area contributed by atoms with Crippen LogP contribution in [0.4, 0.5) is 0 Å². The van der Waals surface area contributed by atoms with Crippen LogP contribution >= 0.6 is 0 Å². The largest absolute Gasteiger partial charge is 0.481 e. The number of nitrogens with one attached hydrogen (secondary N) is 1. The van der Waals surface area contributed by atoms with Crippen LogP contribution in [0.25, 0.3) is 0 Å². The summed E-state index contributed by atoms with van der Waals surface area (Å²) in [5, 5.41) is 13.7. The fourth-order valence-corrected chi connectivity index (χ4v) is 3.77. The Hall–Kier alpha value is -1.92. The average molecular weight is 346 g/mol. The molecule has 3 aliphatic rings. The third-order valence-electron chi connectivity index (χ3n) is 5.34. The number of ketones is 1. The number of nitrogens with zero attached hydrogens (tertiary/aromatic N) is 1. The van der Waals surface area contributed by atoms with Crippen LogP contribution in [0.15, 0.2) is 24.3 Å². The molecule has 2 bridgehead atoms. The lowest BCUT2D eigenvalue weighted by atomic mass is 9.75. The van der Waals surface area contributed by atoms with Crippen LogP contribution in [-0.4, -0.2) is 59.6 Å². The quantitative estimate of drug-likeness (QED) is 0.758. The number of hydrogen-bond donors (Lipinski definition) is 2. The molecular weight excluding hydrogens is 320 g/mol. The van der Waals surface area contributed by atoms with Crippen molar-refractivity contribution in [3.05, 3.63) is 29.8 Å². The van der Waals surface area contributed by atoms with Gasteiger partial charge in [0.15, 0.2) is 11.9 Å². The van der Waals surface area contributed by atoms with Crippen molar-refractivity contribution >= 4 is 11.7 Å². The SMILES string of the molecule is CC(=O)c1cccc(O[C@H](C)C(=O)NC[C@]2(O)CN3CCC2CC3)c1. The van der Waals surface area contributed by atoms with E-state index in [1.54, 1.807) is 31.2 Å². The molecule has 6 nitrogen and oxygen atoms in total. The Morgan fingerprint density at radius 1 is 1.40 bits per heavy atom. The second-order valence-corrected chi connectivity index (χ2v) is 7.22. The number of ether oxygens (including phenoxy) is 1. The number of amides is 1. The van der Waals surface area contributed by atoms with Crippen LogP contribution in [0, 0.1) is 5.92 Å². The monoisotopic (exact) mass is 346 g/mol. The van der Waals surface area contributed by atoms with E-state index in [2.05, 4.69) is 10.2 Å². The van der Waals surface area contributed by atoms with Gasteiger partial charge < -0.3 is 20.1 Å². The Kier molecular flexibility index (Phi) is 5.11. The van der Waals surface area contributed by atoms with E-state index >= 15 is 0 Å². The first kappa shape index (κ1) is 17.9. The second kappa shape index (κ2) is 7.14. The molecule has 4 rings (SSSR count). The number of hydrogen-bond acceptors (Lipinski definition) is 5. The maximum Gasteiger partial charge on any atom is 0.260 e. The van der Waals surface area contributed by atoms with Gasteiger partial charge in [0.2, 0.25) is 0 Å². The van der Waals surface area contributed by atoms with Crippen LogP contribution < -0.4 is 10.1 Å². The van der Waals surface area contributed by atoms with E-state index < -0.39 is 11.7 Å². The van der Waals surface area contributed by atoms with Crippen LogP contribution in [0.5, 0.6) is 5.75 Å².